The van der Waals surface area contributed by atoms with Crippen molar-refractivity contribution in [2.24, 2.45) is 0 Å². The molecule has 6 heteroatoms. The number of methoxy groups -OCH3 is 1. The molecule has 25 heavy (non-hydrogen) atoms. The number of rotatable bonds is 4. The van der Waals surface area contributed by atoms with Crippen LogP contribution in [0.3, 0.4) is 0 Å². The zero-order valence-electron chi connectivity index (χ0n) is 13.6. The normalized spacial score (nSPS) is 9.80. The molecule has 0 fully saturated rings. The molecule has 124 valence electrons. The third-order valence-electron chi connectivity index (χ3n) is 3.38. The predicted molar refractivity (Wildman–Crippen MR) is 93.6 cm³/mol. The molecular formula is C19H16N4O2. The maximum atomic E-state index is 12.1. The zero-order valence-corrected chi connectivity index (χ0v) is 13.6. The highest BCUT2D eigenvalue weighted by Crippen LogP contribution is 2.15. The van der Waals surface area contributed by atoms with Crippen molar-refractivity contribution in [2.45, 2.75) is 0 Å². The SMILES string of the molecule is COc1ccccc1C#CCNC(=O)c1cnn(-c2ccccc2)n1. The van der Waals surface area contributed by atoms with E-state index in [0.717, 1.165) is 11.3 Å². The Morgan fingerprint density at radius 1 is 1.16 bits per heavy atom. The number of benzene rings is 2. The number of ether oxygens (including phenoxy) is 1. The van der Waals surface area contributed by atoms with Crippen molar-refractivity contribution >= 4 is 5.91 Å². The molecule has 1 aromatic heterocycles. The summed E-state index contributed by atoms with van der Waals surface area (Å²) < 4.78 is 5.23. The second kappa shape index (κ2) is 7.79. The number of carbonyl (C=O) groups is 1. The van der Waals surface area contributed by atoms with E-state index >= 15 is 0 Å². The minimum atomic E-state index is -0.323. The fourth-order valence-electron chi connectivity index (χ4n) is 2.16. The maximum absolute atomic E-state index is 12.1. The van der Waals surface area contributed by atoms with Gasteiger partial charge in [-0.15, -0.1) is 5.10 Å². The molecule has 3 aromatic rings. The average molecular weight is 332 g/mol. The first kappa shape index (κ1) is 16.3. The van der Waals surface area contributed by atoms with Gasteiger partial charge < -0.3 is 10.1 Å². The van der Waals surface area contributed by atoms with Gasteiger partial charge in [0.05, 0.1) is 31.1 Å². The Morgan fingerprint density at radius 2 is 1.92 bits per heavy atom. The molecule has 0 aliphatic carbocycles. The van der Waals surface area contributed by atoms with Crippen LogP contribution in [0.4, 0.5) is 0 Å². The van der Waals surface area contributed by atoms with Crippen LogP contribution in [0, 0.1) is 11.8 Å². The lowest BCUT2D eigenvalue weighted by atomic mass is 10.2. The van der Waals surface area contributed by atoms with Gasteiger partial charge in [0.1, 0.15) is 5.75 Å². The molecule has 0 bridgehead atoms. The van der Waals surface area contributed by atoms with Gasteiger partial charge in [-0.05, 0) is 24.3 Å². The summed E-state index contributed by atoms with van der Waals surface area (Å²) in [4.78, 5) is 13.5. The van der Waals surface area contributed by atoms with Crippen molar-refractivity contribution in [3.63, 3.8) is 0 Å². The molecule has 0 saturated carbocycles. The first-order valence-electron chi connectivity index (χ1n) is 7.66. The molecule has 0 spiro atoms. The number of para-hydroxylation sites is 2. The minimum absolute atomic E-state index is 0.203. The van der Waals surface area contributed by atoms with Crippen molar-refractivity contribution in [1.29, 1.82) is 0 Å². The van der Waals surface area contributed by atoms with Gasteiger partial charge in [0.25, 0.3) is 5.91 Å². The summed E-state index contributed by atoms with van der Waals surface area (Å²) in [6.45, 7) is 0.203. The fourth-order valence-corrected chi connectivity index (χ4v) is 2.16. The molecule has 6 nitrogen and oxygen atoms in total. The number of hydrogen-bond acceptors (Lipinski definition) is 4. The summed E-state index contributed by atoms with van der Waals surface area (Å²) in [7, 11) is 1.60. The Kier molecular flexibility index (Phi) is 5.07. The van der Waals surface area contributed by atoms with E-state index in [1.54, 1.807) is 7.11 Å². The number of hydrogen-bond donors (Lipinski definition) is 1. The van der Waals surface area contributed by atoms with E-state index < -0.39 is 0 Å². The molecule has 0 radical (unpaired) electrons. The van der Waals surface area contributed by atoms with Gasteiger partial charge in [0, 0.05) is 0 Å². The molecule has 3 rings (SSSR count). The third-order valence-corrected chi connectivity index (χ3v) is 3.38. The number of carbonyl (C=O) groups excluding carboxylic acids is 1. The summed E-state index contributed by atoms with van der Waals surface area (Å²) in [5.41, 5.74) is 1.80. The quantitative estimate of drug-likeness (QED) is 0.743. The van der Waals surface area contributed by atoms with E-state index in [1.165, 1.54) is 11.0 Å². The van der Waals surface area contributed by atoms with Crippen molar-refractivity contribution in [3.05, 3.63) is 72.1 Å². The van der Waals surface area contributed by atoms with Crippen molar-refractivity contribution in [2.75, 3.05) is 13.7 Å². The van der Waals surface area contributed by atoms with Gasteiger partial charge in [0.15, 0.2) is 5.69 Å². The highest BCUT2D eigenvalue weighted by atomic mass is 16.5. The van der Waals surface area contributed by atoms with Gasteiger partial charge in [0.2, 0.25) is 0 Å². The van der Waals surface area contributed by atoms with Crippen LogP contribution in [0.5, 0.6) is 5.75 Å². The molecular weight excluding hydrogens is 316 g/mol. The van der Waals surface area contributed by atoms with Crippen LogP contribution in [0.15, 0.2) is 60.8 Å². The predicted octanol–water partition coefficient (Wildman–Crippen LogP) is 2.06. The van der Waals surface area contributed by atoms with Crippen LogP contribution >= 0.6 is 0 Å². The van der Waals surface area contributed by atoms with Gasteiger partial charge >= 0.3 is 0 Å². The number of nitrogens with zero attached hydrogens (tertiary/aromatic N) is 3. The zero-order chi connectivity index (χ0) is 17.5. The summed E-state index contributed by atoms with van der Waals surface area (Å²) >= 11 is 0. The van der Waals surface area contributed by atoms with Crippen LogP contribution in [0.1, 0.15) is 16.1 Å². The molecule has 1 N–H and O–H groups in total. The Morgan fingerprint density at radius 3 is 2.72 bits per heavy atom. The van der Waals surface area contributed by atoms with Crippen LogP contribution in [-0.2, 0) is 0 Å². The van der Waals surface area contributed by atoms with E-state index in [2.05, 4.69) is 27.4 Å². The Labute approximate surface area is 145 Å². The lowest BCUT2D eigenvalue weighted by Gasteiger charge is -2.01. The van der Waals surface area contributed by atoms with E-state index in [-0.39, 0.29) is 18.1 Å². The number of amides is 1. The molecule has 0 aliphatic rings. The average Bonchev–Trinajstić information content (AvgIpc) is 3.16. The molecule has 0 atom stereocenters. The molecule has 1 amide bonds. The van der Waals surface area contributed by atoms with Gasteiger partial charge in [-0.1, -0.05) is 42.2 Å². The van der Waals surface area contributed by atoms with Crippen LogP contribution < -0.4 is 10.1 Å². The van der Waals surface area contributed by atoms with Gasteiger partial charge in [-0.2, -0.15) is 9.90 Å². The molecule has 1 heterocycles. The number of nitrogens with one attached hydrogen (secondary N) is 1. The van der Waals surface area contributed by atoms with Crippen LogP contribution in [-0.4, -0.2) is 34.6 Å². The first-order valence-corrected chi connectivity index (χ1v) is 7.66. The van der Waals surface area contributed by atoms with E-state index in [9.17, 15) is 4.79 Å². The maximum Gasteiger partial charge on any atom is 0.274 e. The Balaban J connectivity index is 1.61. The Hall–Kier alpha value is -3.59. The second-order valence-electron chi connectivity index (χ2n) is 5.04. The van der Waals surface area contributed by atoms with Gasteiger partial charge in [-0.25, -0.2) is 0 Å². The summed E-state index contributed by atoms with van der Waals surface area (Å²) in [6, 6.07) is 16.8. The summed E-state index contributed by atoms with van der Waals surface area (Å²) in [6.07, 6.45) is 1.43. The Bertz CT molecular complexity index is 923. The van der Waals surface area contributed by atoms with E-state index in [1.807, 2.05) is 54.6 Å². The van der Waals surface area contributed by atoms with Crippen molar-refractivity contribution < 1.29 is 9.53 Å². The smallest absolute Gasteiger partial charge is 0.274 e. The lowest BCUT2D eigenvalue weighted by Crippen LogP contribution is -2.24. The molecule has 0 saturated heterocycles. The molecule has 0 unspecified atom stereocenters. The van der Waals surface area contributed by atoms with Crippen LogP contribution in [0.25, 0.3) is 5.69 Å². The van der Waals surface area contributed by atoms with Crippen molar-refractivity contribution in [1.82, 2.24) is 20.3 Å². The second-order valence-corrected chi connectivity index (χ2v) is 5.04. The topological polar surface area (TPSA) is 69.0 Å². The van der Waals surface area contributed by atoms with E-state index in [4.69, 9.17) is 4.74 Å². The highest BCUT2D eigenvalue weighted by molar-refractivity contribution is 5.92. The standard InChI is InChI=1S/C19H16N4O2/c1-25-18-12-6-5-8-15(18)9-7-13-20-19(24)17-14-21-23(22-17)16-10-3-2-4-11-16/h2-6,8,10-12,14H,13H2,1H3,(H,20,24). The first-order chi connectivity index (χ1) is 12.3. The summed E-state index contributed by atoms with van der Waals surface area (Å²) in [5.74, 6) is 6.25. The molecule has 2 aromatic carbocycles. The fraction of sp³-hybridized carbons (Fsp3) is 0.105. The largest absolute Gasteiger partial charge is 0.495 e. The highest BCUT2D eigenvalue weighted by Gasteiger charge is 2.10. The van der Waals surface area contributed by atoms with Gasteiger partial charge in [-0.3, -0.25) is 4.79 Å². The van der Waals surface area contributed by atoms with Crippen LogP contribution in [0.2, 0.25) is 0 Å². The summed E-state index contributed by atoms with van der Waals surface area (Å²) in [5, 5.41) is 11.0. The van der Waals surface area contributed by atoms with Crippen molar-refractivity contribution in [3.8, 4) is 23.3 Å². The minimum Gasteiger partial charge on any atom is -0.495 e. The third kappa shape index (κ3) is 4.03. The monoisotopic (exact) mass is 332 g/mol. The lowest BCUT2D eigenvalue weighted by molar-refractivity contribution is 0.0953. The molecule has 0 aliphatic heterocycles. The van der Waals surface area contributed by atoms with E-state index in [0.29, 0.717) is 5.75 Å². The number of aromatic nitrogens is 3.